The van der Waals surface area contributed by atoms with Crippen molar-refractivity contribution in [3.63, 3.8) is 0 Å². The molecular weight excluding hydrogens is 487 g/mol. The molecule has 1 amide bonds. The number of hydrogen-bond acceptors (Lipinski definition) is 5. The van der Waals surface area contributed by atoms with Crippen LogP contribution >= 0.6 is 0 Å². The predicted molar refractivity (Wildman–Crippen MR) is 141 cm³/mol. The van der Waals surface area contributed by atoms with Gasteiger partial charge >= 0.3 is 5.97 Å². The lowest BCUT2D eigenvalue weighted by Crippen LogP contribution is -2.38. The van der Waals surface area contributed by atoms with Crippen LogP contribution < -0.4 is 15.0 Å². The van der Waals surface area contributed by atoms with E-state index < -0.39 is 17.9 Å². The number of hydrogen-bond donors (Lipinski definition) is 2. The molecule has 3 aromatic rings. The number of amides is 1. The van der Waals surface area contributed by atoms with Crippen LogP contribution in [0.1, 0.15) is 48.8 Å². The number of ether oxygens (including phenoxy) is 1. The van der Waals surface area contributed by atoms with E-state index in [1.165, 1.54) is 17.0 Å². The van der Waals surface area contributed by atoms with Crippen molar-refractivity contribution in [3.05, 3.63) is 101 Å². The van der Waals surface area contributed by atoms with E-state index in [0.717, 1.165) is 5.56 Å². The molecule has 2 N–H and O–H groups in total. The lowest BCUT2D eigenvalue weighted by molar-refractivity contribution is -0.138. The largest absolute Gasteiger partial charge is 0.497 e. The standard InChI is InChI=1S/C30H27FN2O5/c1-38-22-11-9-18(10-12-22)30-29-24(16-20(17-26(29)34)19-5-4-6-21(31)15-19)32-23-7-2-3-8-25(23)33(30)27(35)13-14-28(36)37/h2-12,15,20,30,32H,13-14,16-17H2,1H3,(H,36,37)/t20-,30-/m1/s1. The maximum absolute atomic E-state index is 14.0. The highest BCUT2D eigenvalue weighted by atomic mass is 19.1. The summed E-state index contributed by atoms with van der Waals surface area (Å²) < 4.78 is 19.3. The Morgan fingerprint density at radius 1 is 1.00 bits per heavy atom. The smallest absolute Gasteiger partial charge is 0.303 e. The summed E-state index contributed by atoms with van der Waals surface area (Å²) in [6, 6.07) is 19.9. The predicted octanol–water partition coefficient (Wildman–Crippen LogP) is 5.60. The lowest BCUT2D eigenvalue weighted by Gasteiger charge is -2.35. The molecule has 0 spiro atoms. The second kappa shape index (κ2) is 10.5. The number of benzene rings is 3. The van der Waals surface area contributed by atoms with Crippen molar-refractivity contribution in [2.45, 2.75) is 37.6 Å². The first-order valence-corrected chi connectivity index (χ1v) is 12.4. The fourth-order valence-corrected chi connectivity index (χ4v) is 5.30. The summed E-state index contributed by atoms with van der Waals surface area (Å²) in [5, 5.41) is 12.7. The van der Waals surface area contributed by atoms with Crippen molar-refractivity contribution in [2.75, 3.05) is 17.3 Å². The number of halogens is 1. The number of carboxylic acid groups (broad SMARTS) is 1. The molecule has 7 nitrogen and oxygen atoms in total. The number of allylic oxidation sites excluding steroid dienone is 1. The molecule has 1 aliphatic heterocycles. The van der Waals surface area contributed by atoms with Crippen molar-refractivity contribution in [1.29, 1.82) is 0 Å². The highest BCUT2D eigenvalue weighted by Crippen LogP contribution is 2.47. The number of carbonyl (C=O) groups is 3. The zero-order valence-corrected chi connectivity index (χ0v) is 20.8. The normalized spacial score (nSPS) is 18.7. The second-order valence-electron chi connectivity index (χ2n) is 9.45. The summed E-state index contributed by atoms with van der Waals surface area (Å²) in [5.41, 5.74) is 3.72. The maximum Gasteiger partial charge on any atom is 0.303 e. The summed E-state index contributed by atoms with van der Waals surface area (Å²) in [4.78, 5) is 40.4. The van der Waals surface area contributed by atoms with Crippen LogP contribution in [0.5, 0.6) is 5.75 Å². The summed E-state index contributed by atoms with van der Waals surface area (Å²) >= 11 is 0. The summed E-state index contributed by atoms with van der Waals surface area (Å²) in [5.74, 6) is -1.61. The molecule has 3 aromatic carbocycles. The Hall–Kier alpha value is -4.46. The van der Waals surface area contributed by atoms with Crippen LogP contribution in [0.25, 0.3) is 0 Å². The molecular formula is C30H27FN2O5. The number of aliphatic carboxylic acids is 1. The van der Waals surface area contributed by atoms with E-state index in [0.29, 0.717) is 40.4 Å². The van der Waals surface area contributed by atoms with Crippen molar-refractivity contribution in [1.82, 2.24) is 0 Å². The number of Topliss-reactive ketones (excluding diaryl/α,β-unsaturated/α-hetero) is 1. The van der Waals surface area contributed by atoms with Crippen LogP contribution in [0.15, 0.2) is 84.1 Å². The first-order valence-electron chi connectivity index (χ1n) is 12.4. The fourth-order valence-electron chi connectivity index (χ4n) is 5.30. The summed E-state index contributed by atoms with van der Waals surface area (Å²) in [6.45, 7) is 0. The quantitative estimate of drug-likeness (QED) is 0.445. The lowest BCUT2D eigenvalue weighted by atomic mass is 9.78. The van der Waals surface area contributed by atoms with Gasteiger partial charge in [0, 0.05) is 24.1 Å². The van der Waals surface area contributed by atoms with Crippen LogP contribution in [0.2, 0.25) is 0 Å². The summed E-state index contributed by atoms with van der Waals surface area (Å²) in [6.07, 6.45) is 0.0492. The van der Waals surface area contributed by atoms with Gasteiger partial charge in [-0.15, -0.1) is 0 Å². The zero-order chi connectivity index (χ0) is 26.8. The number of carbonyl (C=O) groups excluding carboxylic acids is 2. The average Bonchev–Trinajstić information content (AvgIpc) is 3.06. The molecule has 1 aliphatic carbocycles. The Bertz CT molecular complexity index is 1430. The molecule has 38 heavy (non-hydrogen) atoms. The van der Waals surface area contributed by atoms with Gasteiger partial charge in [0.15, 0.2) is 5.78 Å². The van der Waals surface area contributed by atoms with Gasteiger partial charge in [-0.3, -0.25) is 19.3 Å². The van der Waals surface area contributed by atoms with E-state index in [1.54, 1.807) is 37.4 Å². The highest BCUT2D eigenvalue weighted by Gasteiger charge is 2.41. The molecule has 5 rings (SSSR count). The van der Waals surface area contributed by atoms with Gasteiger partial charge in [-0.05, 0) is 59.9 Å². The third-order valence-corrected chi connectivity index (χ3v) is 7.06. The second-order valence-corrected chi connectivity index (χ2v) is 9.45. The van der Waals surface area contributed by atoms with Gasteiger partial charge in [0.05, 0.1) is 30.9 Å². The third kappa shape index (κ3) is 4.89. The molecule has 0 saturated heterocycles. The number of para-hydroxylation sites is 2. The van der Waals surface area contributed by atoms with Gasteiger partial charge in [-0.25, -0.2) is 4.39 Å². The van der Waals surface area contributed by atoms with Gasteiger partial charge in [0.2, 0.25) is 5.91 Å². The van der Waals surface area contributed by atoms with Crippen molar-refractivity contribution < 1.29 is 28.6 Å². The Balaban J connectivity index is 1.68. The van der Waals surface area contributed by atoms with Crippen molar-refractivity contribution in [3.8, 4) is 5.75 Å². The van der Waals surface area contributed by atoms with E-state index in [9.17, 15) is 23.9 Å². The van der Waals surface area contributed by atoms with Crippen LogP contribution in [-0.4, -0.2) is 29.9 Å². The number of carboxylic acids is 1. The minimum atomic E-state index is -1.08. The van der Waals surface area contributed by atoms with Crippen molar-refractivity contribution >= 4 is 29.0 Å². The van der Waals surface area contributed by atoms with Gasteiger partial charge in [-0.2, -0.15) is 0 Å². The molecule has 0 saturated carbocycles. The number of fused-ring (bicyclic) bond motifs is 1. The van der Waals surface area contributed by atoms with Crippen LogP contribution in [-0.2, 0) is 14.4 Å². The summed E-state index contributed by atoms with van der Waals surface area (Å²) in [7, 11) is 1.56. The first kappa shape index (κ1) is 25.2. The average molecular weight is 515 g/mol. The molecule has 0 bridgehead atoms. The Labute approximate surface area is 219 Å². The van der Waals surface area contributed by atoms with Gasteiger partial charge in [0.1, 0.15) is 11.6 Å². The SMILES string of the molecule is COc1ccc([C@@H]2C3=C(C[C@@H](c4cccc(F)c4)CC3=O)Nc3ccccc3N2C(=O)CCC(=O)O)cc1. The van der Waals surface area contributed by atoms with E-state index in [1.807, 2.05) is 30.3 Å². The molecule has 0 aromatic heterocycles. The molecule has 2 atom stereocenters. The number of nitrogens with zero attached hydrogens (tertiary/aromatic N) is 1. The van der Waals surface area contributed by atoms with Crippen molar-refractivity contribution in [2.24, 2.45) is 0 Å². The zero-order valence-electron chi connectivity index (χ0n) is 20.8. The van der Waals surface area contributed by atoms with Crippen LogP contribution in [0.4, 0.5) is 15.8 Å². The number of rotatable bonds is 6. The van der Waals surface area contributed by atoms with Crippen LogP contribution in [0.3, 0.4) is 0 Å². The van der Waals surface area contributed by atoms with E-state index >= 15 is 0 Å². The van der Waals surface area contributed by atoms with E-state index in [2.05, 4.69) is 5.32 Å². The van der Waals surface area contributed by atoms with Gasteiger partial charge < -0.3 is 15.2 Å². The van der Waals surface area contributed by atoms with Crippen LogP contribution in [0, 0.1) is 5.82 Å². The number of methoxy groups -OCH3 is 1. The minimum Gasteiger partial charge on any atom is -0.497 e. The minimum absolute atomic E-state index is 0.155. The first-order chi connectivity index (χ1) is 18.4. The highest BCUT2D eigenvalue weighted by molar-refractivity contribution is 6.06. The molecule has 0 fully saturated rings. The number of nitrogens with one attached hydrogen (secondary N) is 1. The molecule has 0 unspecified atom stereocenters. The van der Waals surface area contributed by atoms with Gasteiger partial charge in [0.25, 0.3) is 0 Å². The van der Waals surface area contributed by atoms with E-state index in [-0.39, 0.29) is 36.8 Å². The Morgan fingerprint density at radius 3 is 2.47 bits per heavy atom. The number of anilines is 2. The Kier molecular flexibility index (Phi) is 6.96. The molecule has 8 heteroatoms. The van der Waals surface area contributed by atoms with Gasteiger partial charge in [-0.1, -0.05) is 36.4 Å². The maximum atomic E-state index is 14.0. The molecule has 1 heterocycles. The third-order valence-electron chi connectivity index (χ3n) is 7.06. The van der Waals surface area contributed by atoms with E-state index in [4.69, 9.17) is 4.74 Å². The Morgan fingerprint density at radius 2 is 1.76 bits per heavy atom. The molecule has 2 aliphatic rings. The molecule has 194 valence electrons. The topological polar surface area (TPSA) is 95.9 Å². The number of ketones is 1. The fraction of sp³-hybridized carbons (Fsp3) is 0.233. The molecule has 0 radical (unpaired) electrons. The monoisotopic (exact) mass is 514 g/mol.